The van der Waals surface area contributed by atoms with Crippen LogP contribution in [-0.2, 0) is 5.88 Å². The van der Waals surface area contributed by atoms with Crippen molar-refractivity contribution in [3.63, 3.8) is 0 Å². The summed E-state index contributed by atoms with van der Waals surface area (Å²) in [7, 11) is 0. The lowest BCUT2D eigenvalue weighted by atomic mass is 10.3. The summed E-state index contributed by atoms with van der Waals surface area (Å²) >= 11 is 21.9. The molecule has 3 nitrogen and oxygen atoms in total. The number of nitrogens with zero attached hydrogens (tertiary/aromatic N) is 3. The van der Waals surface area contributed by atoms with Gasteiger partial charge >= 0.3 is 0 Å². The minimum atomic E-state index is 0.232. The van der Waals surface area contributed by atoms with Crippen LogP contribution >= 0.6 is 50.7 Å². The second kappa shape index (κ2) is 5.53. The van der Waals surface area contributed by atoms with Gasteiger partial charge in [0.2, 0.25) is 0 Å². The molecule has 0 amide bonds. The molecule has 0 unspecified atom stereocenters. The van der Waals surface area contributed by atoms with Gasteiger partial charge in [-0.2, -0.15) is 0 Å². The molecule has 7 heteroatoms. The highest BCUT2D eigenvalue weighted by molar-refractivity contribution is 9.10. The number of alkyl halides is 1. The Hall–Kier alpha value is -0.810. The molecule has 0 aliphatic rings. The smallest absolute Gasteiger partial charge is 0.164 e. The number of benzene rings is 1. The molecule has 3 rings (SSSR count). The van der Waals surface area contributed by atoms with Gasteiger partial charge in [-0.05, 0) is 34.1 Å². The molecular weight excluding hydrogens is 384 g/mol. The van der Waals surface area contributed by atoms with Crippen LogP contribution in [0.1, 0.15) is 5.82 Å². The number of hydrogen-bond donors (Lipinski definition) is 0. The zero-order valence-corrected chi connectivity index (χ0v) is 13.8. The number of aromatic nitrogens is 3. The summed E-state index contributed by atoms with van der Waals surface area (Å²) in [5.74, 6) is 0.873. The van der Waals surface area contributed by atoms with Crippen LogP contribution in [0, 0.1) is 0 Å². The molecule has 0 spiro atoms. The Morgan fingerprint density at radius 3 is 2.55 bits per heavy atom. The maximum Gasteiger partial charge on any atom is 0.164 e. The normalized spacial score (nSPS) is 11.2. The van der Waals surface area contributed by atoms with Crippen LogP contribution in [0.25, 0.3) is 16.9 Å². The molecule has 0 aliphatic carbocycles. The van der Waals surface area contributed by atoms with E-state index in [9.17, 15) is 0 Å². The van der Waals surface area contributed by atoms with Crippen molar-refractivity contribution in [3.05, 3.63) is 50.8 Å². The molecule has 0 radical (unpaired) electrons. The molecule has 3 aromatic rings. The molecule has 2 aromatic heterocycles. The maximum absolute atomic E-state index is 6.27. The number of para-hydroxylation sites is 1. The van der Waals surface area contributed by atoms with Gasteiger partial charge in [-0.25, -0.2) is 9.97 Å². The number of imidazole rings is 1. The molecular formula is C13H7BrCl3N3. The molecule has 2 heterocycles. The average molecular weight is 391 g/mol. The van der Waals surface area contributed by atoms with Gasteiger partial charge in [-0.15, -0.1) is 11.6 Å². The largest absolute Gasteiger partial charge is 0.277 e. The van der Waals surface area contributed by atoms with Crippen LogP contribution in [0.4, 0.5) is 0 Å². The molecule has 0 atom stereocenters. The monoisotopic (exact) mass is 389 g/mol. The second-order valence-corrected chi connectivity index (χ2v) is 6.06. The van der Waals surface area contributed by atoms with Crippen molar-refractivity contribution in [2.24, 2.45) is 0 Å². The summed E-state index contributed by atoms with van der Waals surface area (Å²) in [6.07, 6.45) is 1.70. The van der Waals surface area contributed by atoms with Crippen molar-refractivity contribution < 1.29 is 0 Å². The lowest BCUT2D eigenvalue weighted by Crippen LogP contribution is -2.02. The van der Waals surface area contributed by atoms with Gasteiger partial charge in [0, 0.05) is 10.7 Å². The summed E-state index contributed by atoms with van der Waals surface area (Å²) < 4.78 is 2.64. The van der Waals surface area contributed by atoms with Gasteiger partial charge < -0.3 is 0 Å². The third-order valence-corrected chi connectivity index (χ3v) is 4.10. The molecule has 20 heavy (non-hydrogen) atoms. The molecule has 1 aromatic carbocycles. The highest BCUT2D eigenvalue weighted by Gasteiger charge is 2.17. The number of halogens is 4. The van der Waals surface area contributed by atoms with Crippen molar-refractivity contribution in [3.8, 4) is 5.69 Å². The summed E-state index contributed by atoms with van der Waals surface area (Å²) in [6.45, 7) is 0. The Labute approximate surface area is 138 Å². The van der Waals surface area contributed by atoms with Crippen LogP contribution in [0.5, 0.6) is 0 Å². The van der Waals surface area contributed by atoms with Crippen LogP contribution < -0.4 is 0 Å². The molecule has 0 N–H and O–H groups in total. The lowest BCUT2D eigenvalue weighted by Gasteiger charge is -2.11. The second-order valence-electron chi connectivity index (χ2n) is 4.06. The van der Waals surface area contributed by atoms with E-state index in [1.165, 1.54) is 0 Å². The lowest BCUT2D eigenvalue weighted by molar-refractivity contribution is 0.970. The van der Waals surface area contributed by atoms with Crippen LogP contribution in [-0.4, -0.2) is 14.5 Å². The highest BCUT2D eigenvalue weighted by Crippen LogP contribution is 2.32. The van der Waals surface area contributed by atoms with E-state index in [1.807, 2.05) is 6.07 Å². The Morgan fingerprint density at radius 2 is 1.90 bits per heavy atom. The first-order valence-electron chi connectivity index (χ1n) is 5.65. The van der Waals surface area contributed by atoms with Gasteiger partial charge in [-0.3, -0.25) is 4.57 Å². The quantitative estimate of drug-likeness (QED) is 0.560. The molecule has 0 aliphatic heterocycles. The zero-order valence-electron chi connectivity index (χ0n) is 9.95. The third-order valence-electron chi connectivity index (χ3n) is 2.81. The SMILES string of the molecule is ClCc1nc2cc(Br)cnc2n1-c1c(Cl)cccc1Cl. The number of hydrogen-bond acceptors (Lipinski definition) is 2. The fraction of sp³-hybridized carbons (Fsp3) is 0.0769. The molecule has 0 fully saturated rings. The minimum absolute atomic E-state index is 0.232. The van der Waals surface area contributed by atoms with E-state index in [0.29, 0.717) is 27.2 Å². The number of pyridine rings is 1. The van der Waals surface area contributed by atoms with Crippen LogP contribution in [0.2, 0.25) is 10.0 Å². The predicted octanol–water partition coefficient (Wildman–Crippen LogP) is 5.23. The first kappa shape index (κ1) is 14.1. The zero-order chi connectivity index (χ0) is 14.3. The van der Waals surface area contributed by atoms with Gasteiger partial charge in [0.25, 0.3) is 0 Å². The fourth-order valence-electron chi connectivity index (χ4n) is 2.01. The first-order chi connectivity index (χ1) is 9.61. The van der Waals surface area contributed by atoms with E-state index in [0.717, 1.165) is 9.99 Å². The van der Waals surface area contributed by atoms with Crippen LogP contribution in [0.3, 0.4) is 0 Å². The van der Waals surface area contributed by atoms with Crippen molar-refractivity contribution in [1.29, 1.82) is 0 Å². The van der Waals surface area contributed by atoms with E-state index < -0.39 is 0 Å². The summed E-state index contributed by atoms with van der Waals surface area (Å²) in [6, 6.07) is 7.20. The highest BCUT2D eigenvalue weighted by atomic mass is 79.9. The van der Waals surface area contributed by atoms with E-state index in [2.05, 4.69) is 25.9 Å². The Kier molecular flexibility index (Phi) is 3.91. The van der Waals surface area contributed by atoms with E-state index in [-0.39, 0.29) is 5.88 Å². The third kappa shape index (κ3) is 2.31. The Morgan fingerprint density at radius 1 is 1.20 bits per heavy atom. The molecule has 0 bridgehead atoms. The van der Waals surface area contributed by atoms with Gasteiger partial charge in [0.1, 0.15) is 11.3 Å². The van der Waals surface area contributed by atoms with Crippen molar-refractivity contribution in [2.75, 3.05) is 0 Å². The van der Waals surface area contributed by atoms with E-state index in [4.69, 9.17) is 34.8 Å². The van der Waals surface area contributed by atoms with Gasteiger partial charge in [0.05, 0.1) is 21.6 Å². The predicted molar refractivity (Wildman–Crippen MR) is 86.1 cm³/mol. The van der Waals surface area contributed by atoms with E-state index in [1.54, 1.807) is 29.0 Å². The average Bonchev–Trinajstić information content (AvgIpc) is 2.76. The van der Waals surface area contributed by atoms with E-state index >= 15 is 0 Å². The summed E-state index contributed by atoms with van der Waals surface area (Å²) in [4.78, 5) is 8.86. The van der Waals surface area contributed by atoms with Crippen LogP contribution in [0.15, 0.2) is 34.9 Å². The number of fused-ring (bicyclic) bond motifs is 1. The van der Waals surface area contributed by atoms with Crippen molar-refractivity contribution in [1.82, 2.24) is 14.5 Å². The minimum Gasteiger partial charge on any atom is -0.277 e. The van der Waals surface area contributed by atoms with Crippen molar-refractivity contribution >= 4 is 61.9 Å². The maximum atomic E-state index is 6.27. The topological polar surface area (TPSA) is 30.7 Å². The summed E-state index contributed by atoms with van der Waals surface area (Å²) in [5, 5.41) is 1.04. The summed E-state index contributed by atoms with van der Waals surface area (Å²) in [5.41, 5.74) is 2.04. The number of rotatable bonds is 2. The fourth-order valence-corrected chi connectivity index (χ4v) is 3.08. The Bertz CT molecular complexity index is 781. The molecule has 0 saturated heterocycles. The molecule has 0 saturated carbocycles. The Balaban J connectivity index is 2.40. The van der Waals surface area contributed by atoms with Crippen molar-refractivity contribution in [2.45, 2.75) is 5.88 Å². The van der Waals surface area contributed by atoms with Gasteiger partial charge in [-0.1, -0.05) is 29.3 Å². The van der Waals surface area contributed by atoms with Gasteiger partial charge in [0.15, 0.2) is 5.65 Å². The standard InChI is InChI=1S/C13H7BrCl3N3/c14-7-4-10-13(18-6-7)20(11(5-15)19-10)12-8(16)2-1-3-9(12)17/h1-4,6H,5H2. The first-order valence-corrected chi connectivity index (χ1v) is 7.73. The molecule has 102 valence electrons.